The van der Waals surface area contributed by atoms with E-state index in [0.29, 0.717) is 48.9 Å². The van der Waals surface area contributed by atoms with Crippen LogP contribution in [0, 0.1) is 0 Å². The number of aromatic amines is 2. The average molecular weight is 437 g/mol. The largest absolute Gasteiger partial charge is 0.493 e. The van der Waals surface area contributed by atoms with Crippen LogP contribution >= 0.6 is 34.6 Å². The van der Waals surface area contributed by atoms with Crippen LogP contribution in [0.4, 0.5) is 0 Å². The summed E-state index contributed by atoms with van der Waals surface area (Å²) in [6.45, 7) is 0. The number of nitrogens with zero attached hydrogens (tertiary/aromatic N) is 2. The molecule has 0 aliphatic carbocycles. The molecular weight excluding hydrogens is 423 g/mol. The molecule has 10 heteroatoms. The molecule has 28 heavy (non-hydrogen) atoms. The quantitative estimate of drug-likeness (QED) is 0.334. The standard InChI is InChI=1S/C18H14Cl2N4O3S/c1-26-14-3-8-11(6-15(14)27-2)21-16(24-17(8)25)7-28-18-22-12-4-9(19)10(20)5-13(12)23-18/h3-7,28H,1-2H3,(H,22,23)(H,21,24,25). The molecule has 0 amide bonds. The zero-order valence-corrected chi connectivity index (χ0v) is 17.1. The first-order valence-corrected chi connectivity index (χ1v) is 9.75. The number of benzene rings is 2. The molecule has 2 aromatic heterocycles. The summed E-state index contributed by atoms with van der Waals surface area (Å²) in [6, 6.07) is 6.70. The summed E-state index contributed by atoms with van der Waals surface area (Å²) < 4.78 is 10.5. The van der Waals surface area contributed by atoms with Crippen LogP contribution in [-0.2, 0) is 0 Å². The number of hydrogen-bond donors (Lipinski definition) is 3. The second-order valence-electron chi connectivity index (χ2n) is 5.78. The molecule has 0 spiro atoms. The Hall–Kier alpha value is -2.55. The number of imidazole rings is 1. The maximum absolute atomic E-state index is 12.4. The number of hydrogen-bond acceptors (Lipinski definition) is 5. The molecule has 4 aromatic rings. The maximum atomic E-state index is 12.4. The molecule has 0 radical (unpaired) electrons. The first-order valence-electron chi connectivity index (χ1n) is 8.03. The van der Waals surface area contributed by atoms with Crippen molar-refractivity contribution < 1.29 is 9.47 Å². The minimum Gasteiger partial charge on any atom is -0.493 e. The number of halogens is 2. The van der Waals surface area contributed by atoms with Crippen molar-refractivity contribution in [2.45, 2.75) is 5.16 Å². The lowest BCUT2D eigenvalue weighted by Crippen LogP contribution is -2.11. The summed E-state index contributed by atoms with van der Waals surface area (Å²) in [5.74, 6) is 1.39. The highest BCUT2D eigenvalue weighted by atomic mass is 35.5. The number of thiol groups is 1. The highest BCUT2D eigenvalue weighted by Crippen LogP contribution is 2.30. The lowest BCUT2D eigenvalue weighted by atomic mass is 10.2. The van der Waals surface area contributed by atoms with Gasteiger partial charge in [-0.2, -0.15) is 0 Å². The van der Waals surface area contributed by atoms with E-state index in [0.717, 1.165) is 16.9 Å². The third-order valence-electron chi connectivity index (χ3n) is 4.05. The van der Waals surface area contributed by atoms with Gasteiger partial charge in [0.25, 0.3) is 5.56 Å². The van der Waals surface area contributed by atoms with Gasteiger partial charge < -0.3 is 19.4 Å². The Bertz CT molecular complexity index is 1260. The van der Waals surface area contributed by atoms with Crippen LogP contribution in [0.1, 0.15) is 5.82 Å². The molecule has 0 atom stereocenters. The summed E-state index contributed by atoms with van der Waals surface area (Å²) in [7, 11) is 3.04. The number of ether oxygens (including phenoxy) is 2. The minimum absolute atomic E-state index is 0.268. The highest BCUT2D eigenvalue weighted by Gasteiger charge is 2.10. The fourth-order valence-electron chi connectivity index (χ4n) is 2.72. The normalized spacial score (nSPS) is 11.9. The first-order chi connectivity index (χ1) is 13.5. The van der Waals surface area contributed by atoms with Gasteiger partial charge in [0.2, 0.25) is 0 Å². The molecule has 0 saturated heterocycles. The van der Waals surface area contributed by atoms with Gasteiger partial charge in [-0.25, -0.2) is 9.97 Å². The third kappa shape index (κ3) is 3.46. The van der Waals surface area contributed by atoms with Crippen molar-refractivity contribution in [1.29, 1.82) is 0 Å². The summed E-state index contributed by atoms with van der Waals surface area (Å²) in [5, 5.41) is 3.73. The molecular formula is C18H14Cl2N4O3S. The van der Waals surface area contributed by atoms with E-state index in [9.17, 15) is 4.79 Å². The SMILES string of the molecule is COc1cc2nc(C=[SH]c3nc4cc(Cl)c(Cl)cc4[nH]3)[nH]c(=O)c2cc1OC. The molecule has 4 rings (SSSR count). The van der Waals surface area contributed by atoms with E-state index < -0.39 is 0 Å². The van der Waals surface area contributed by atoms with Crippen molar-refractivity contribution in [2.75, 3.05) is 14.2 Å². The molecule has 0 aliphatic heterocycles. The van der Waals surface area contributed by atoms with Gasteiger partial charge in [-0.3, -0.25) is 4.79 Å². The van der Waals surface area contributed by atoms with E-state index in [1.54, 1.807) is 29.6 Å². The zero-order chi connectivity index (χ0) is 19.8. The first kappa shape index (κ1) is 18.8. The van der Waals surface area contributed by atoms with Crippen molar-refractivity contribution in [1.82, 2.24) is 19.9 Å². The van der Waals surface area contributed by atoms with Gasteiger partial charge >= 0.3 is 0 Å². The fraction of sp³-hybridized carbons (Fsp3) is 0.111. The lowest BCUT2D eigenvalue weighted by molar-refractivity contribution is 0.355. The van der Waals surface area contributed by atoms with Gasteiger partial charge in [0.05, 0.1) is 46.2 Å². The second-order valence-corrected chi connectivity index (χ2v) is 7.53. The molecule has 0 unspecified atom stereocenters. The van der Waals surface area contributed by atoms with Crippen molar-refractivity contribution in [2.24, 2.45) is 0 Å². The van der Waals surface area contributed by atoms with Crippen molar-refractivity contribution in [3.63, 3.8) is 0 Å². The highest BCUT2D eigenvalue weighted by molar-refractivity contribution is 7.97. The average Bonchev–Trinajstić information content (AvgIpc) is 3.07. The van der Waals surface area contributed by atoms with Gasteiger partial charge in [-0.1, -0.05) is 23.2 Å². The molecule has 2 aromatic carbocycles. The smallest absolute Gasteiger partial charge is 0.259 e. The summed E-state index contributed by atoms with van der Waals surface area (Å²) >= 11 is 12.8. The molecule has 0 bridgehead atoms. The molecule has 7 nitrogen and oxygen atoms in total. The molecule has 2 heterocycles. The number of H-pyrrole nitrogens is 2. The van der Waals surface area contributed by atoms with Gasteiger partial charge in [0.15, 0.2) is 16.7 Å². The van der Waals surface area contributed by atoms with Crippen molar-refractivity contribution >= 4 is 61.9 Å². The Morgan fingerprint density at radius 2 is 1.68 bits per heavy atom. The second kappa shape index (κ2) is 7.46. The summed E-state index contributed by atoms with van der Waals surface area (Å²) in [5.41, 5.74) is 1.73. The zero-order valence-electron chi connectivity index (χ0n) is 14.7. The van der Waals surface area contributed by atoms with Gasteiger partial charge in [0, 0.05) is 11.4 Å². The monoisotopic (exact) mass is 436 g/mol. The van der Waals surface area contributed by atoms with E-state index in [4.69, 9.17) is 32.7 Å². The minimum atomic E-state index is -0.268. The Balaban J connectivity index is 1.74. The molecule has 0 aliphatic rings. The summed E-state index contributed by atoms with van der Waals surface area (Å²) in [6.07, 6.45) is 0. The Morgan fingerprint density at radius 1 is 0.964 bits per heavy atom. The van der Waals surface area contributed by atoms with Gasteiger partial charge in [0.1, 0.15) is 5.82 Å². The van der Waals surface area contributed by atoms with Crippen LogP contribution in [0.25, 0.3) is 21.9 Å². The van der Waals surface area contributed by atoms with E-state index >= 15 is 0 Å². The van der Waals surface area contributed by atoms with E-state index in [2.05, 4.69) is 19.9 Å². The topological polar surface area (TPSA) is 92.9 Å². The molecule has 144 valence electrons. The number of aromatic nitrogens is 4. The number of nitrogens with one attached hydrogen (secondary N) is 2. The Labute approximate surface area is 172 Å². The lowest BCUT2D eigenvalue weighted by Gasteiger charge is -2.08. The van der Waals surface area contributed by atoms with Gasteiger partial charge in [-0.15, -0.1) is 11.4 Å². The Kier molecular flexibility index (Phi) is 5.01. The van der Waals surface area contributed by atoms with Crippen LogP contribution < -0.4 is 15.0 Å². The van der Waals surface area contributed by atoms with Crippen molar-refractivity contribution in [3.8, 4) is 11.5 Å². The van der Waals surface area contributed by atoms with E-state index in [-0.39, 0.29) is 5.56 Å². The fourth-order valence-corrected chi connectivity index (χ4v) is 3.76. The van der Waals surface area contributed by atoms with Crippen LogP contribution in [0.3, 0.4) is 0 Å². The number of fused-ring (bicyclic) bond motifs is 2. The number of methoxy groups -OCH3 is 2. The van der Waals surface area contributed by atoms with Crippen LogP contribution in [-0.4, -0.2) is 39.5 Å². The predicted molar refractivity (Wildman–Crippen MR) is 114 cm³/mol. The molecule has 0 saturated carbocycles. The van der Waals surface area contributed by atoms with Crippen LogP contribution in [0.5, 0.6) is 11.5 Å². The molecule has 2 N–H and O–H groups in total. The Morgan fingerprint density at radius 3 is 2.43 bits per heavy atom. The van der Waals surface area contributed by atoms with E-state index in [1.807, 2.05) is 0 Å². The van der Waals surface area contributed by atoms with Crippen molar-refractivity contribution in [3.05, 3.63) is 50.5 Å². The third-order valence-corrected chi connectivity index (χ3v) is 5.60. The molecule has 0 fully saturated rings. The van der Waals surface area contributed by atoms with Crippen LogP contribution in [0.2, 0.25) is 10.0 Å². The van der Waals surface area contributed by atoms with Crippen LogP contribution in [0.15, 0.2) is 34.2 Å². The maximum Gasteiger partial charge on any atom is 0.259 e. The predicted octanol–water partition coefficient (Wildman–Crippen LogP) is 3.80. The van der Waals surface area contributed by atoms with Gasteiger partial charge in [-0.05, 0) is 18.2 Å². The number of rotatable bonds is 4. The van der Waals surface area contributed by atoms with E-state index in [1.165, 1.54) is 14.2 Å². The summed E-state index contributed by atoms with van der Waals surface area (Å²) in [4.78, 5) is 27.3.